The van der Waals surface area contributed by atoms with E-state index in [2.05, 4.69) is 13.2 Å². The monoisotopic (exact) mass is 384 g/mol. The predicted octanol–water partition coefficient (Wildman–Crippen LogP) is 5.28. The summed E-state index contributed by atoms with van der Waals surface area (Å²) in [4.78, 5) is 13.0. The van der Waals surface area contributed by atoms with Gasteiger partial charge in [0.1, 0.15) is 0 Å². The van der Waals surface area contributed by atoms with Crippen LogP contribution in [-0.2, 0) is 19.7 Å². The summed E-state index contributed by atoms with van der Waals surface area (Å²) >= 11 is 0. The molecular formula is C26H24O3. The number of benzene rings is 3. The molecular weight excluding hydrogens is 360 g/mol. The Bertz CT molecular complexity index is 850. The number of carbonyl (C=O) groups excluding carboxylic acids is 1. The van der Waals surface area contributed by atoms with Crippen LogP contribution < -0.4 is 0 Å². The third kappa shape index (κ3) is 4.20. The summed E-state index contributed by atoms with van der Waals surface area (Å²) in [5.74, 6) is -0.509. The molecule has 3 heteroatoms. The van der Waals surface area contributed by atoms with Gasteiger partial charge in [-0.05, 0) is 16.7 Å². The summed E-state index contributed by atoms with van der Waals surface area (Å²) in [6.07, 6.45) is 1.60. The van der Waals surface area contributed by atoms with Crippen molar-refractivity contribution in [3.8, 4) is 0 Å². The number of carbonyl (C=O) groups is 1. The molecule has 0 aliphatic heterocycles. The molecule has 0 fully saturated rings. The van der Waals surface area contributed by atoms with Gasteiger partial charge in [-0.1, -0.05) is 104 Å². The first-order chi connectivity index (χ1) is 14.2. The van der Waals surface area contributed by atoms with Gasteiger partial charge in [0.25, 0.3) is 0 Å². The van der Waals surface area contributed by atoms with E-state index in [1.54, 1.807) is 6.08 Å². The molecule has 0 bridgehead atoms. The van der Waals surface area contributed by atoms with E-state index in [-0.39, 0.29) is 6.79 Å². The average Bonchev–Trinajstić information content (AvgIpc) is 2.79. The highest BCUT2D eigenvalue weighted by Gasteiger charge is 2.42. The minimum absolute atomic E-state index is 0.154. The first-order valence-corrected chi connectivity index (χ1v) is 9.43. The van der Waals surface area contributed by atoms with E-state index in [1.807, 2.05) is 91.0 Å². The molecule has 0 unspecified atom stereocenters. The van der Waals surface area contributed by atoms with Crippen LogP contribution in [0.25, 0.3) is 0 Å². The molecule has 0 saturated heterocycles. The van der Waals surface area contributed by atoms with Crippen molar-refractivity contribution in [1.82, 2.24) is 0 Å². The second kappa shape index (κ2) is 9.67. The smallest absolute Gasteiger partial charge is 0.337 e. The molecule has 0 heterocycles. The summed E-state index contributed by atoms with van der Waals surface area (Å²) < 4.78 is 10.6. The molecule has 0 saturated carbocycles. The van der Waals surface area contributed by atoms with Gasteiger partial charge in [-0.3, -0.25) is 0 Å². The largest absolute Gasteiger partial charge is 0.435 e. The number of ether oxygens (including phenoxy) is 2. The summed E-state index contributed by atoms with van der Waals surface area (Å²) in [5.41, 5.74) is 2.24. The maximum Gasteiger partial charge on any atom is 0.337 e. The van der Waals surface area contributed by atoms with E-state index in [9.17, 15) is 4.79 Å². The Morgan fingerprint density at radius 2 is 1.21 bits per heavy atom. The van der Waals surface area contributed by atoms with Crippen molar-refractivity contribution in [3.63, 3.8) is 0 Å². The zero-order valence-electron chi connectivity index (χ0n) is 16.3. The Morgan fingerprint density at radius 3 is 1.59 bits per heavy atom. The van der Waals surface area contributed by atoms with Crippen LogP contribution in [-0.4, -0.2) is 19.4 Å². The highest BCUT2D eigenvalue weighted by atomic mass is 16.7. The second-order valence-electron chi connectivity index (χ2n) is 6.54. The summed E-state index contributed by atoms with van der Waals surface area (Å²) in [5, 5.41) is 0. The van der Waals surface area contributed by atoms with Crippen LogP contribution in [0.15, 0.2) is 116 Å². The first-order valence-electron chi connectivity index (χ1n) is 9.43. The third-order valence-electron chi connectivity index (χ3n) is 4.83. The molecule has 3 aromatic rings. The molecule has 3 nitrogen and oxygen atoms in total. The number of hydrogen-bond donors (Lipinski definition) is 0. The molecule has 3 aromatic carbocycles. The summed E-state index contributed by atoms with van der Waals surface area (Å²) in [7, 11) is 0. The zero-order chi connectivity index (χ0) is 20.5. The second-order valence-corrected chi connectivity index (χ2v) is 6.54. The fourth-order valence-electron chi connectivity index (χ4n) is 3.55. The van der Waals surface area contributed by atoms with Crippen LogP contribution in [0.2, 0.25) is 0 Å². The molecule has 0 radical (unpaired) electrons. The Balaban J connectivity index is 2.16. The van der Waals surface area contributed by atoms with Gasteiger partial charge in [-0.25, -0.2) is 4.79 Å². The van der Waals surface area contributed by atoms with E-state index < -0.39 is 11.4 Å². The van der Waals surface area contributed by atoms with Crippen LogP contribution in [0.1, 0.15) is 16.7 Å². The minimum Gasteiger partial charge on any atom is -0.435 e. The van der Waals surface area contributed by atoms with Crippen molar-refractivity contribution in [2.75, 3.05) is 13.4 Å². The Labute approximate surface area is 171 Å². The topological polar surface area (TPSA) is 35.5 Å². The van der Waals surface area contributed by atoms with Gasteiger partial charge >= 0.3 is 5.97 Å². The van der Waals surface area contributed by atoms with E-state index in [1.165, 1.54) is 0 Å². The third-order valence-corrected chi connectivity index (χ3v) is 4.83. The van der Waals surface area contributed by atoms with Crippen molar-refractivity contribution >= 4 is 5.97 Å². The molecule has 0 aliphatic carbocycles. The van der Waals surface area contributed by atoms with Crippen LogP contribution in [0, 0.1) is 0 Å². The highest BCUT2D eigenvalue weighted by molar-refractivity contribution is 5.93. The first kappa shape index (κ1) is 20.3. The quantitative estimate of drug-likeness (QED) is 0.126. The van der Waals surface area contributed by atoms with Crippen LogP contribution in [0.4, 0.5) is 0 Å². The maximum atomic E-state index is 13.0. The molecule has 3 rings (SSSR count). The highest BCUT2D eigenvalue weighted by Crippen LogP contribution is 2.44. The van der Waals surface area contributed by atoms with Gasteiger partial charge in [-0.15, -0.1) is 6.58 Å². The van der Waals surface area contributed by atoms with Crippen molar-refractivity contribution < 1.29 is 14.3 Å². The normalized spacial score (nSPS) is 10.9. The van der Waals surface area contributed by atoms with Crippen molar-refractivity contribution in [2.24, 2.45) is 0 Å². The zero-order valence-corrected chi connectivity index (χ0v) is 16.3. The Hall–Kier alpha value is -3.43. The number of hydrogen-bond acceptors (Lipinski definition) is 3. The molecule has 0 aromatic heterocycles. The number of rotatable bonds is 9. The lowest BCUT2D eigenvalue weighted by Gasteiger charge is -2.36. The van der Waals surface area contributed by atoms with E-state index in [4.69, 9.17) is 9.47 Å². The average molecular weight is 384 g/mol. The van der Waals surface area contributed by atoms with Crippen molar-refractivity contribution in [1.29, 1.82) is 0 Å². The lowest BCUT2D eigenvalue weighted by molar-refractivity contribution is -0.151. The van der Waals surface area contributed by atoms with Crippen LogP contribution in [0.3, 0.4) is 0 Å². The van der Waals surface area contributed by atoms with Gasteiger partial charge in [0.05, 0.1) is 12.0 Å². The molecule has 0 atom stereocenters. The predicted molar refractivity (Wildman–Crippen MR) is 115 cm³/mol. The molecule has 146 valence electrons. The van der Waals surface area contributed by atoms with Gasteiger partial charge in [-0.2, -0.15) is 0 Å². The van der Waals surface area contributed by atoms with E-state index >= 15 is 0 Å². The lowest BCUT2D eigenvalue weighted by atomic mass is 9.65. The van der Waals surface area contributed by atoms with Gasteiger partial charge in [0, 0.05) is 5.57 Å². The lowest BCUT2D eigenvalue weighted by Crippen LogP contribution is -2.35. The summed E-state index contributed by atoms with van der Waals surface area (Å²) in [6, 6.07) is 29.7. The Morgan fingerprint density at radius 1 is 0.793 bits per heavy atom. The van der Waals surface area contributed by atoms with Gasteiger partial charge < -0.3 is 9.47 Å². The molecule has 0 N–H and O–H groups in total. The Kier molecular flexibility index (Phi) is 6.77. The SMILES string of the molecule is C=CCOCOC(=O)C(=C)C(c1ccccc1)(c1ccccc1)c1ccccc1. The standard InChI is InChI=1S/C26H24O3/c1-3-19-28-20-29-25(27)21(2)26(22-13-7-4-8-14-22,23-15-9-5-10-16-23)24-17-11-6-12-18-24/h3-18H,1-2,19-20H2. The molecule has 0 aliphatic rings. The fraction of sp³-hybridized carbons (Fsp3) is 0.115. The van der Waals surface area contributed by atoms with Crippen molar-refractivity contribution in [2.45, 2.75) is 5.41 Å². The van der Waals surface area contributed by atoms with Gasteiger partial charge in [0.2, 0.25) is 0 Å². The molecule has 29 heavy (non-hydrogen) atoms. The number of esters is 1. The summed E-state index contributed by atoms with van der Waals surface area (Å²) in [6.45, 7) is 7.94. The van der Waals surface area contributed by atoms with Crippen LogP contribution in [0.5, 0.6) is 0 Å². The molecule has 0 amide bonds. The fourth-order valence-corrected chi connectivity index (χ4v) is 3.55. The van der Waals surface area contributed by atoms with Gasteiger partial charge in [0.15, 0.2) is 6.79 Å². The van der Waals surface area contributed by atoms with E-state index in [0.717, 1.165) is 16.7 Å². The van der Waals surface area contributed by atoms with Crippen molar-refractivity contribution in [3.05, 3.63) is 132 Å². The maximum absolute atomic E-state index is 13.0. The minimum atomic E-state index is -0.890. The van der Waals surface area contributed by atoms with E-state index in [0.29, 0.717) is 12.2 Å². The molecule has 0 spiro atoms. The van der Waals surface area contributed by atoms with Crippen LogP contribution >= 0.6 is 0 Å².